The second kappa shape index (κ2) is 12.3. The number of benzene rings is 9. The standard InChI is InChI=1S/C55H33N5/c56-34-43-52(57-44-25-9-1-17-35(44)36-18-2-10-26-45(36)57)33-53(58-46-27-11-3-19-37(46)38-20-4-12-28-47(38)58)55(60-50-31-15-7-23-41(50)42-24-8-16-32-51(42)60)54(43)59-48-29-13-5-21-39(48)40-22-6-14-30-49(40)59/h1-33H. The fraction of sp³-hybridized carbons (Fsp3) is 0. The maximum absolute atomic E-state index is 12.0. The highest BCUT2D eigenvalue weighted by atomic mass is 15.1. The molecule has 5 nitrogen and oxygen atoms in total. The van der Waals surface area contributed by atoms with E-state index in [0.29, 0.717) is 5.56 Å². The molecule has 0 amide bonds. The Balaban J connectivity index is 1.36. The van der Waals surface area contributed by atoms with Crippen molar-refractivity contribution in [3.63, 3.8) is 0 Å². The quantitative estimate of drug-likeness (QED) is 0.176. The fourth-order valence-corrected chi connectivity index (χ4v) is 10.2. The molecule has 13 rings (SSSR count). The van der Waals surface area contributed by atoms with E-state index in [1.165, 1.54) is 10.8 Å². The first-order chi connectivity index (χ1) is 29.8. The minimum atomic E-state index is 0.578. The van der Waals surface area contributed by atoms with E-state index in [2.05, 4.69) is 225 Å². The lowest BCUT2D eigenvalue weighted by Crippen LogP contribution is -2.14. The summed E-state index contributed by atoms with van der Waals surface area (Å²) in [5.41, 5.74) is 12.6. The lowest BCUT2D eigenvalue weighted by molar-refractivity contribution is 1.03. The van der Waals surface area contributed by atoms with E-state index in [1.54, 1.807) is 0 Å². The molecule has 0 aliphatic carbocycles. The van der Waals surface area contributed by atoms with Gasteiger partial charge in [0.2, 0.25) is 0 Å². The highest BCUT2D eigenvalue weighted by Gasteiger charge is 2.30. The van der Waals surface area contributed by atoms with Crippen molar-refractivity contribution in [1.82, 2.24) is 18.3 Å². The molecule has 0 radical (unpaired) electrons. The molecule has 0 aliphatic heterocycles. The molecule has 5 heteroatoms. The predicted molar refractivity (Wildman–Crippen MR) is 249 cm³/mol. The van der Waals surface area contributed by atoms with E-state index < -0.39 is 0 Å². The van der Waals surface area contributed by atoms with Gasteiger partial charge in [0.25, 0.3) is 0 Å². The normalized spacial score (nSPS) is 12.0. The van der Waals surface area contributed by atoms with Gasteiger partial charge in [-0.25, -0.2) is 0 Å². The molecule has 13 aromatic rings. The Morgan fingerprint density at radius 3 is 0.783 bits per heavy atom. The molecule has 0 spiro atoms. The number of nitrogens with zero attached hydrogens (tertiary/aromatic N) is 5. The van der Waals surface area contributed by atoms with Crippen LogP contribution in [0.25, 0.3) is 110 Å². The van der Waals surface area contributed by atoms with Crippen LogP contribution in [0.15, 0.2) is 200 Å². The van der Waals surface area contributed by atoms with E-state index in [9.17, 15) is 5.26 Å². The second-order valence-corrected chi connectivity index (χ2v) is 15.6. The first kappa shape index (κ1) is 32.7. The van der Waals surface area contributed by atoms with Crippen LogP contribution in [0.2, 0.25) is 0 Å². The fourth-order valence-electron chi connectivity index (χ4n) is 10.2. The molecule has 9 aromatic carbocycles. The molecule has 0 atom stereocenters. The number of rotatable bonds is 4. The van der Waals surface area contributed by atoms with Gasteiger partial charge in [-0.1, -0.05) is 146 Å². The Kier molecular flexibility index (Phi) is 6.73. The molecule has 60 heavy (non-hydrogen) atoms. The van der Waals surface area contributed by atoms with Crippen molar-refractivity contribution in [3.8, 4) is 28.8 Å². The van der Waals surface area contributed by atoms with Crippen LogP contribution in [0.4, 0.5) is 0 Å². The minimum absolute atomic E-state index is 0.578. The molecule has 0 saturated carbocycles. The number of aromatic nitrogens is 4. The zero-order valence-corrected chi connectivity index (χ0v) is 32.3. The van der Waals surface area contributed by atoms with Gasteiger partial charge in [-0.2, -0.15) is 5.26 Å². The van der Waals surface area contributed by atoms with Gasteiger partial charge in [-0.3, -0.25) is 0 Å². The summed E-state index contributed by atoms with van der Waals surface area (Å²) in [6.45, 7) is 0. The minimum Gasteiger partial charge on any atom is -0.308 e. The van der Waals surface area contributed by atoms with Crippen LogP contribution in [0, 0.1) is 11.3 Å². The molecule has 4 aromatic heterocycles. The zero-order valence-electron chi connectivity index (χ0n) is 32.3. The molecule has 0 unspecified atom stereocenters. The third kappa shape index (κ3) is 4.29. The molecule has 0 saturated heterocycles. The van der Waals surface area contributed by atoms with Gasteiger partial charge in [-0.05, 0) is 54.6 Å². The summed E-state index contributed by atoms with van der Waals surface area (Å²) in [4.78, 5) is 0. The Morgan fingerprint density at radius 1 is 0.267 bits per heavy atom. The van der Waals surface area contributed by atoms with Gasteiger partial charge < -0.3 is 18.3 Å². The average molecular weight is 764 g/mol. The van der Waals surface area contributed by atoms with Crippen LogP contribution in [-0.2, 0) is 0 Å². The second-order valence-electron chi connectivity index (χ2n) is 15.6. The van der Waals surface area contributed by atoms with Gasteiger partial charge in [0.05, 0.1) is 66.9 Å². The maximum Gasteiger partial charge on any atom is 0.104 e. The molecule has 278 valence electrons. The highest BCUT2D eigenvalue weighted by molar-refractivity contribution is 6.15. The third-order valence-electron chi connectivity index (χ3n) is 12.6. The number of para-hydroxylation sites is 8. The highest BCUT2D eigenvalue weighted by Crippen LogP contribution is 2.46. The van der Waals surface area contributed by atoms with Gasteiger partial charge in [0.15, 0.2) is 0 Å². The van der Waals surface area contributed by atoms with Crippen LogP contribution in [0.1, 0.15) is 5.56 Å². The van der Waals surface area contributed by atoms with Gasteiger partial charge >= 0.3 is 0 Å². The average Bonchev–Trinajstić information content (AvgIpc) is 4.04. The Hall–Kier alpha value is -8.33. The first-order valence-electron chi connectivity index (χ1n) is 20.4. The summed E-state index contributed by atoms with van der Waals surface area (Å²) in [5.74, 6) is 0. The molecule has 0 fully saturated rings. The third-order valence-corrected chi connectivity index (χ3v) is 12.6. The summed E-state index contributed by atoms with van der Waals surface area (Å²) in [6.07, 6.45) is 0. The summed E-state index contributed by atoms with van der Waals surface area (Å²) >= 11 is 0. The van der Waals surface area contributed by atoms with Crippen LogP contribution in [-0.4, -0.2) is 18.3 Å². The van der Waals surface area contributed by atoms with Crippen molar-refractivity contribution in [1.29, 1.82) is 5.26 Å². The maximum atomic E-state index is 12.0. The van der Waals surface area contributed by atoms with Crippen molar-refractivity contribution in [3.05, 3.63) is 206 Å². The molecule has 4 heterocycles. The van der Waals surface area contributed by atoms with Crippen molar-refractivity contribution in [2.75, 3.05) is 0 Å². The smallest absolute Gasteiger partial charge is 0.104 e. The van der Waals surface area contributed by atoms with E-state index in [0.717, 1.165) is 99.2 Å². The molecule has 0 aliphatic rings. The van der Waals surface area contributed by atoms with E-state index in [1.807, 2.05) is 0 Å². The van der Waals surface area contributed by atoms with E-state index in [-0.39, 0.29) is 0 Å². The van der Waals surface area contributed by atoms with Crippen LogP contribution in [0.3, 0.4) is 0 Å². The van der Waals surface area contributed by atoms with Crippen molar-refractivity contribution < 1.29 is 0 Å². The largest absolute Gasteiger partial charge is 0.308 e. The number of nitriles is 1. The number of hydrogen-bond donors (Lipinski definition) is 0. The molecular weight excluding hydrogens is 731 g/mol. The Bertz CT molecular complexity index is 3760. The zero-order chi connectivity index (χ0) is 39.5. The monoisotopic (exact) mass is 763 g/mol. The Labute approximate surface area is 344 Å². The van der Waals surface area contributed by atoms with Gasteiger partial charge in [-0.15, -0.1) is 0 Å². The Morgan fingerprint density at radius 2 is 0.500 bits per heavy atom. The number of fused-ring (bicyclic) bond motifs is 12. The molecule has 0 bridgehead atoms. The van der Waals surface area contributed by atoms with Crippen LogP contribution in [0.5, 0.6) is 0 Å². The van der Waals surface area contributed by atoms with E-state index >= 15 is 0 Å². The van der Waals surface area contributed by atoms with Crippen molar-refractivity contribution in [2.45, 2.75) is 0 Å². The molecular formula is C55H33N5. The van der Waals surface area contributed by atoms with Crippen molar-refractivity contribution >= 4 is 87.2 Å². The summed E-state index contributed by atoms with van der Waals surface area (Å²) in [5, 5.41) is 21.2. The summed E-state index contributed by atoms with van der Waals surface area (Å²) < 4.78 is 9.52. The first-order valence-corrected chi connectivity index (χ1v) is 20.4. The predicted octanol–water partition coefficient (Wildman–Crippen LogP) is 13.9. The topological polar surface area (TPSA) is 43.5 Å². The summed E-state index contributed by atoms with van der Waals surface area (Å²) in [6, 6.07) is 74.2. The van der Waals surface area contributed by atoms with Crippen LogP contribution >= 0.6 is 0 Å². The summed E-state index contributed by atoms with van der Waals surface area (Å²) in [7, 11) is 0. The molecule has 0 N–H and O–H groups in total. The van der Waals surface area contributed by atoms with Gasteiger partial charge in [0.1, 0.15) is 11.6 Å². The van der Waals surface area contributed by atoms with Crippen LogP contribution < -0.4 is 0 Å². The lowest BCUT2D eigenvalue weighted by Gasteiger charge is -2.25. The van der Waals surface area contributed by atoms with E-state index in [4.69, 9.17) is 0 Å². The number of hydrogen-bond acceptors (Lipinski definition) is 1. The van der Waals surface area contributed by atoms with Crippen molar-refractivity contribution in [2.24, 2.45) is 0 Å². The lowest BCUT2D eigenvalue weighted by atomic mass is 10.0. The van der Waals surface area contributed by atoms with Gasteiger partial charge in [0, 0.05) is 43.1 Å². The SMILES string of the molecule is N#Cc1c(-n2c3ccccc3c3ccccc32)cc(-n2c3ccccc3c3ccccc32)c(-n2c3ccccc3c3ccccc32)c1-n1c2ccccc2c2ccccc21.